The molecule has 0 amide bonds. The first-order valence-corrected chi connectivity index (χ1v) is 6.74. The van der Waals surface area contributed by atoms with E-state index in [1.807, 2.05) is 30.5 Å². The Morgan fingerprint density at radius 3 is 3.00 bits per heavy atom. The van der Waals surface area contributed by atoms with Crippen LogP contribution >= 0.6 is 22.9 Å². The molecule has 3 rings (SSSR count). The molecule has 0 saturated carbocycles. The number of hydrogen-bond donors (Lipinski definition) is 1. The van der Waals surface area contributed by atoms with Gasteiger partial charge < -0.3 is 5.32 Å². The standard InChI is InChI=1S/C12H11ClN4S/c1-8(9-2-3-10(13)18-9)15-11-5-7-17-12(16-11)4-6-14-17/h2-8H,1H3,(H,15,16). The van der Waals surface area contributed by atoms with Crippen LogP contribution in [0.1, 0.15) is 17.8 Å². The lowest BCUT2D eigenvalue weighted by molar-refractivity contribution is 0.884. The molecule has 0 saturated heterocycles. The van der Waals surface area contributed by atoms with E-state index in [1.54, 1.807) is 22.0 Å². The first kappa shape index (κ1) is 11.5. The van der Waals surface area contributed by atoms with E-state index in [0.29, 0.717) is 0 Å². The molecular formula is C12H11ClN4S. The summed E-state index contributed by atoms with van der Waals surface area (Å²) >= 11 is 7.51. The number of rotatable bonds is 3. The molecule has 0 aliphatic rings. The maximum atomic E-state index is 5.93. The highest BCUT2D eigenvalue weighted by atomic mass is 35.5. The Kier molecular flexibility index (Phi) is 2.93. The van der Waals surface area contributed by atoms with E-state index in [4.69, 9.17) is 11.6 Å². The van der Waals surface area contributed by atoms with Crippen LogP contribution in [0, 0.1) is 0 Å². The fourth-order valence-electron chi connectivity index (χ4n) is 1.75. The molecule has 3 aromatic heterocycles. The second-order valence-electron chi connectivity index (χ2n) is 3.95. The lowest BCUT2D eigenvalue weighted by Gasteiger charge is -2.12. The molecule has 6 heteroatoms. The minimum Gasteiger partial charge on any atom is -0.363 e. The molecule has 1 atom stereocenters. The smallest absolute Gasteiger partial charge is 0.157 e. The Bertz CT molecular complexity index is 675. The Morgan fingerprint density at radius 2 is 2.22 bits per heavy atom. The van der Waals surface area contributed by atoms with Gasteiger partial charge in [0.2, 0.25) is 0 Å². The summed E-state index contributed by atoms with van der Waals surface area (Å²) in [6.45, 7) is 2.09. The molecule has 3 aromatic rings. The number of hydrogen-bond acceptors (Lipinski definition) is 4. The second-order valence-corrected chi connectivity index (χ2v) is 5.70. The summed E-state index contributed by atoms with van der Waals surface area (Å²) < 4.78 is 2.54. The summed E-state index contributed by atoms with van der Waals surface area (Å²) in [5.74, 6) is 0.833. The van der Waals surface area contributed by atoms with Crippen molar-refractivity contribution in [3.05, 3.63) is 45.9 Å². The average molecular weight is 279 g/mol. The quantitative estimate of drug-likeness (QED) is 0.796. The van der Waals surface area contributed by atoms with Crippen LogP contribution in [0.15, 0.2) is 36.7 Å². The molecule has 1 N–H and O–H groups in total. The third-order valence-corrected chi connectivity index (χ3v) is 4.06. The predicted molar refractivity (Wildman–Crippen MR) is 74.4 cm³/mol. The van der Waals surface area contributed by atoms with Crippen LogP contribution in [0.5, 0.6) is 0 Å². The molecule has 0 radical (unpaired) electrons. The predicted octanol–water partition coefficient (Wildman–Crippen LogP) is 3.62. The fraction of sp³-hybridized carbons (Fsp3) is 0.167. The highest BCUT2D eigenvalue weighted by Gasteiger charge is 2.09. The first-order valence-electron chi connectivity index (χ1n) is 5.54. The maximum Gasteiger partial charge on any atom is 0.157 e. The molecule has 1 unspecified atom stereocenters. The summed E-state index contributed by atoms with van der Waals surface area (Å²) in [6, 6.07) is 7.90. The van der Waals surface area contributed by atoms with E-state index >= 15 is 0 Å². The summed E-state index contributed by atoms with van der Waals surface area (Å²) in [5.41, 5.74) is 0.830. The zero-order valence-electron chi connectivity index (χ0n) is 9.67. The molecule has 0 fully saturated rings. The third kappa shape index (κ3) is 2.19. The molecule has 4 nitrogen and oxygen atoms in total. The Balaban J connectivity index is 1.83. The van der Waals surface area contributed by atoms with Crippen molar-refractivity contribution in [3.63, 3.8) is 0 Å². The highest BCUT2D eigenvalue weighted by molar-refractivity contribution is 7.16. The number of nitrogens with one attached hydrogen (secondary N) is 1. The van der Waals surface area contributed by atoms with Crippen LogP contribution in [0.4, 0.5) is 5.82 Å². The van der Waals surface area contributed by atoms with Gasteiger partial charge in [-0.25, -0.2) is 9.50 Å². The topological polar surface area (TPSA) is 42.2 Å². The number of halogens is 1. The first-order chi connectivity index (χ1) is 8.72. The number of fused-ring (bicyclic) bond motifs is 1. The summed E-state index contributed by atoms with van der Waals surface area (Å²) in [4.78, 5) is 5.66. The molecule has 0 aromatic carbocycles. The van der Waals surface area contributed by atoms with E-state index in [-0.39, 0.29) is 6.04 Å². The van der Waals surface area contributed by atoms with Gasteiger partial charge in [0.1, 0.15) is 5.82 Å². The van der Waals surface area contributed by atoms with Crippen molar-refractivity contribution in [2.75, 3.05) is 5.32 Å². The Labute approximate surface area is 113 Å². The van der Waals surface area contributed by atoms with Crippen LogP contribution in [-0.4, -0.2) is 14.6 Å². The van der Waals surface area contributed by atoms with Gasteiger partial charge in [-0.15, -0.1) is 11.3 Å². The zero-order chi connectivity index (χ0) is 12.5. The molecular weight excluding hydrogens is 268 g/mol. The van der Waals surface area contributed by atoms with E-state index in [1.165, 1.54) is 4.88 Å². The van der Waals surface area contributed by atoms with Crippen LogP contribution in [-0.2, 0) is 0 Å². The minimum atomic E-state index is 0.181. The van der Waals surface area contributed by atoms with Gasteiger partial charge in [0, 0.05) is 17.1 Å². The van der Waals surface area contributed by atoms with Crippen molar-refractivity contribution in [2.45, 2.75) is 13.0 Å². The summed E-state index contributed by atoms with van der Waals surface area (Å²) in [5, 5.41) is 7.46. The van der Waals surface area contributed by atoms with Gasteiger partial charge >= 0.3 is 0 Å². The largest absolute Gasteiger partial charge is 0.363 e. The van der Waals surface area contributed by atoms with Crippen molar-refractivity contribution < 1.29 is 0 Å². The van der Waals surface area contributed by atoms with E-state index in [9.17, 15) is 0 Å². The minimum absolute atomic E-state index is 0.181. The van der Waals surface area contributed by atoms with E-state index < -0.39 is 0 Å². The Morgan fingerprint density at radius 1 is 1.33 bits per heavy atom. The molecule has 0 bridgehead atoms. The SMILES string of the molecule is CC(Nc1ccn2nccc2n1)c1ccc(Cl)s1. The van der Waals surface area contributed by atoms with Gasteiger partial charge in [0.15, 0.2) is 5.65 Å². The molecule has 0 spiro atoms. The Hall–Kier alpha value is -1.59. The van der Waals surface area contributed by atoms with Crippen LogP contribution < -0.4 is 5.32 Å². The van der Waals surface area contributed by atoms with Gasteiger partial charge in [-0.2, -0.15) is 5.10 Å². The number of anilines is 1. The summed E-state index contributed by atoms with van der Waals surface area (Å²) in [7, 11) is 0. The number of aromatic nitrogens is 3. The van der Waals surface area contributed by atoms with Crippen LogP contribution in [0.25, 0.3) is 5.65 Å². The van der Waals surface area contributed by atoms with Crippen LogP contribution in [0.3, 0.4) is 0 Å². The molecule has 0 aliphatic heterocycles. The molecule has 18 heavy (non-hydrogen) atoms. The second kappa shape index (κ2) is 4.59. The van der Waals surface area contributed by atoms with Crippen molar-refractivity contribution in [3.8, 4) is 0 Å². The highest BCUT2D eigenvalue weighted by Crippen LogP contribution is 2.28. The van der Waals surface area contributed by atoms with Crippen molar-refractivity contribution in [1.82, 2.24) is 14.6 Å². The van der Waals surface area contributed by atoms with Crippen molar-refractivity contribution in [1.29, 1.82) is 0 Å². The lowest BCUT2D eigenvalue weighted by Crippen LogP contribution is -2.07. The van der Waals surface area contributed by atoms with E-state index in [2.05, 4.69) is 22.3 Å². The average Bonchev–Trinajstić information content (AvgIpc) is 2.96. The lowest BCUT2D eigenvalue weighted by atomic mass is 10.3. The van der Waals surface area contributed by atoms with Gasteiger partial charge in [-0.05, 0) is 25.1 Å². The normalized spacial score (nSPS) is 12.8. The van der Waals surface area contributed by atoms with Crippen molar-refractivity contribution in [2.24, 2.45) is 0 Å². The van der Waals surface area contributed by atoms with Gasteiger partial charge in [0.25, 0.3) is 0 Å². The van der Waals surface area contributed by atoms with E-state index in [0.717, 1.165) is 15.8 Å². The third-order valence-electron chi connectivity index (χ3n) is 2.64. The van der Waals surface area contributed by atoms with Crippen molar-refractivity contribution >= 4 is 34.4 Å². The maximum absolute atomic E-state index is 5.93. The fourth-order valence-corrected chi connectivity index (χ4v) is 2.81. The van der Waals surface area contributed by atoms with Crippen LogP contribution in [0.2, 0.25) is 4.34 Å². The molecule has 0 aliphatic carbocycles. The number of nitrogens with zero attached hydrogens (tertiary/aromatic N) is 3. The number of thiophene rings is 1. The van der Waals surface area contributed by atoms with Gasteiger partial charge in [-0.1, -0.05) is 11.6 Å². The van der Waals surface area contributed by atoms with Gasteiger partial charge in [0.05, 0.1) is 16.6 Å². The summed E-state index contributed by atoms with van der Waals surface area (Å²) in [6.07, 6.45) is 3.62. The molecule has 3 heterocycles. The monoisotopic (exact) mass is 278 g/mol. The zero-order valence-corrected chi connectivity index (χ0v) is 11.2. The van der Waals surface area contributed by atoms with Gasteiger partial charge in [-0.3, -0.25) is 0 Å². The molecule has 92 valence electrons.